The van der Waals surface area contributed by atoms with E-state index < -0.39 is 5.60 Å². The number of aromatic nitrogens is 1. The third-order valence-electron chi connectivity index (χ3n) is 4.81. The molecule has 2 heterocycles. The zero-order valence-corrected chi connectivity index (χ0v) is 12.3. The number of anilines is 1. The van der Waals surface area contributed by atoms with Crippen LogP contribution < -0.4 is 4.90 Å². The molecule has 0 radical (unpaired) electrons. The van der Waals surface area contributed by atoms with Crippen molar-refractivity contribution >= 4 is 17.4 Å². The van der Waals surface area contributed by atoms with Crippen LogP contribution in [0.25, 0.3) is 0 Å². The molecule has 20 heavy (non-hydrogen) atoms. The quantitative estimate of drug-likeness (QED) is 0.880. The molecule has 1 saturated heterocycles. The van der Waals surface area contributed by atoms with E-state index >= 15 is 0 Å². The molecule has 2 aliphatic rings. The highest BCUT2D eigenvalue weighted by molar-refractivity contribution is 6.31. The SMILES string of the molecule is OCc1nc(N2CCC3(O)CCCCC3C2)ccc1Cl. The Balaban J connectivity index is 1.79. The van der Waals surface area contributed by atoms with E-state index in [0.717, 1.165) is 44.6 Å². The van der Waals surface area contributed by atoms with Crippen molar-refractivity contribution in [2.24, 2.45) is 5.92 Å². The van der Waals surface area contributed by atoms with E-state index in [4.69, 9.17) is 11.6 Å². The van der Waals surface area contributed by atoms with Gasteiger partial charge < -0.3 is 15.1 Å². The molecule has 4 nitrogen and oxygen atoms in total. The topological polar surface area (TPSA) is 56.6 Å². The van der Waals surface area contributed by atoms with Gasteiger partial charge in [-0.15, -0.1) is 0 Å². The van der Waals surface area contributed by atoms with Crippen molar-refractivity contribution in [3.05, 3.63) is 22.8 Å². The highest BCUT2D eigenvalue weighted by Crippen LogP contribution is 2.40. The molecular weight excluding hydrogens is 276 g/mol. The molecule has 1 aromatic rings. The third kappa shape index (κ3) is 2.52. The van der Waals surface area contributed by atoms with Gasteiger partial charge in [-0.2, -0.15) is 0 Å². The van der Waals surface area contributed by atoms with Gasteiger partial charge in [0.05, 0.1) is 22.9 Å². The molecule has 1 aliphatic heterocycles. The van der Waals surface area contributed by atoms with Gasteiger partial charge >= 0.3 is 0 Å². The standard InChI is InChI=1S/C15H21ClN2O2/c16-12-4-5-14(17-13(12)10-19)18-8-7-15(20)6-2-1-3-11(15)9-18/h4-5,11,19-20H,1-3,6-10H2. The lowest BCUT2D eigenvalue weighted by molar-refractivity contribution is -0.0613. The molecule has 3 rings (SSSR count). The Morgan fingerprint density at radius 1 is 1.35 bits per heavy atom. The van der Waals surface area contributed by atoms with Gasteiger partial charge in [-0.25, -0.2) is 4.98 Å². The van der Waals surface area contributed by atoms with E-state index in [1.54, 1.807) is 6.07 Å². The zero-order valence-electron chi connectivity index (χ0n) is 11.6. The van der Waals surface area contributed by atoms with Crippen molar-refractivity contribution in [3.8, 4) is 0 Å². The summed E-state index contributed by atoms with van der Waals surface area (Å²) in [6.45, 7) is 1.51. The minimum Gasteiger partial charge on any atom is -0.390 e. The van der Waals surface area contributed by atoms with Gasteiger partial charge in [0.15, 0.2) is 0 Å². The predicted molar refractivity (Wildman–Crippen MR) is 78.9 cm³/mol. The summed E-state index contributed by atoms with van der Waals surface area (Å²) >= 11 is 5.99. The molecule has 110 valence electrons. The van der Waals surface area contributed by atoms with Crippen molar-refractivity contribution in [1.82, 2.24) is 4.98 Å². The smallest absolute Gasteiger partial charge is 0.129 e. The molecule has 2 fully saturated rings. The summed E-state index contributed by atoms with van der Waals surface area (Å²) in [6, 6.07) is 3.69. The van der Waals surface area contributed by atoms with Gasteiger partial charge in [-0.3, -0.25) is 0 Å². The molecule has 5 heteroatoms. The van der Waals surface area contributed by atoms with Crippen molar-refractivity contribution in [1.29, 1.82) is 0 Å². The van der Waals surface area contributed by atoms with Gasteiger partial charge in [0.1, 0.15) is 5.82 Å². The van der Waals surface area contributed by atoms with E-state index in [1.807, 2.05) is 6.07 Å². The summed E-state index contributed by atoms with van der Waals surface area (Å²) < 4.78 is 0. The number of aliphatic hydroxyl groups is 2. The zero-order chi connectivity index (χ0) is 14.2. The Kier molecular flexibility index (Phi) is 3.89. The largest absolute Gasteiger partial charge is 0.390 e. The van der Waals surface area contributed by atoms with Crippen LogP contribution in [0.2, 0.25) is 5.02 Å². The lowest BCUT2D eigenvalue weighted by Crippen LogP contribution is -2.53. The van der Waals surface area contributed by atoms with Gasteiger partial charge in [0.25, 0.3) is 0 Å². The Morgan fingerprint density at radius 3 is 3.00 bits per heavy atom. The minimum absolute atomic E-state index is 0.145. The predicted octanol–water partition coefficient (Wildman–Crippen LogP) is 2.36. The number of nitrogens with zero attached hydrogens (tertiary/aromatic N) is 2. The summed E-state index contributed by atoms with van der Waals surface area (Å²) in [7, 11) is 0. The van der Waals surface area contributed by atoms with Crippen LogP contribution in [0.4, 0.5) is 5.82 Å². The van der Waals surface area contributed by atoms with E-state index in [2.05, 4.69) is 9.88 Å². The number of rotatable bonds is 2. The first-order valence-corrected chi connectivity index (χ1v) is 7.74. The maximum Gasteiger partial charge on any atom is 0.129 e. The van der Waals surface area contributed by atoms with Crippen LogP contribution in [-0.2, 0) is 6.61 Å². The van der Waals surface area contributed by atoms with Crippen LogP contribution >= 0.6 is 11.6 Å². The van der Waals surface area contributed by atoms with Crippen LogP contribution in [0.15, 0.2) is 12.1 Å². The lowest BCUT2D eigenvalue weighted by Gasteiger charge is -2.47. The lowest BCUT2D eigenvalue weighted by atomic mass is 9.71. The maximum absolute atomic E-state index is 10.7. The number of fused-ring (bicyclic) bond motifs is 1. The van der Waals surface area contributed by atoms with Crippen molar-refractivity contribution in [2.75, 3.05) is 18.0 Å². The van der Waals surface area contributed by atoms with Gasteiger partial charge in [0.2, 0.25) is 0 Å². The molecule has 0 spiro atoms. The Hall–Kier alpha value is -0.840. The number of hydrogen-bond donors (Lipinski definition) is 2. The van der Waals surface area contributed by atoms with Crippen molar-refractivity contribution < 1.29 is 10.2 Å². The van der Waals surface area contributed by atoms with Gasteiger partial charge in [-0.1, -0.05) is 24.4 Å². The van der Waals surface area contributed by atoms with E-state index in [9.17, 15) is 10.2 Å². The Morgan fingerprint density at radius 2 is 2.20 bits per heavy atom. The normalized spacial score (nSPS) is 30.1. The molecule has 2 atom stereocenters. The molecule has 1 aromatic heterocycles. The molecular formula is C15H21ClN2O2. The fourth-order valence-corrected chi connectivity index (χ4v) is 3.70. The Bertz CT molecular complexity index is 497. The van der Waals surface area contributed by atoms with E-state index in [0.29, 0.717) is 16.6 Å². The average Bonchev–Trinajstić information content (AvgIpc) is 2.47. The van der Waals surface area contributed by atoms with Crippen LogP contribution in [0.5, 0.6) is 0 Å². The second-order valence-corrected chi connectivity index (χ2v) is 6.41. The number of aliphatic hydroxyl groups excluding tert-OH is 1. The second kappa shape index (κ2) is 5.51. The first-order valence-electron chi connectivity index (χ1n) is 7.36. The fourth-order valence-electron chi connectivity index (χ4n) is 3.54. The van der Waals surface area contributed by atoms with E-state index in [1.165, 1.54) is 6.42 Å². The minimum atomic E-state index is -0.471. The number of piperidine rings is 1. The van der Waals surface area contributed by atoms with Crippen molar-refractivity contribution in [3.63, 3.8) is 0 Å². The average molecular weight is 297 g/mol. The maximum atomic E-state index is 10.7. The van der Waals surface area contributed by atoms with Gasteiger partial charge in [0, 0.05) is 19.0 Å². The molecule has 0 amide bonds. The highest BCUT2D eigenvalue weighted by Gasteiger charge is 2.42. The van der Waals surface area contributed by atoms with Crippen molar-refractivity contribution in [2.45, 2.75) is 44.3 Å². The Labute approximate surface area is 124 Å². The molecule has 2 unspecified atom stereocenters. The second-order valence-electron chi connectivity index (χ2n) is 6.00. The summed E-state index contributed by atoms with van der Waals surface area (Å²) in [5.74, 6) is 1.19. The number of hydrogen-bond acceptors (Lipinski definition) is 4. The summed E-state index contributed by atoms with van der Waals surface area (Å²) in [4.78, 5) is 6.65. The van der Waals surface area contributed by atoms with Gasteiger partial charge in [-0.05, 0) is 31.4 Å². The third-order valence-corrected chi connectivity index (χ3v) is 5.15. The van der Waals surface area contributed by atoms with E-state index in [-0.39, 0.29) is 6.61 Å². The summed E-state index contributed by atoms with van der Waals surface area (Å²) in [5.41, 5.74) is 0.0506. The van der Waals surface area contributed by atoms with Crippen LogP contribution in [-0.4, -0.2) is 33.9 Å². The monoisotopic (exact) mass is 296 g/mol. The highest BCUT2D eigenvalue weighted by atomic mass is 35.5. The van der Waals surface area contributed by atoms with Crippen LogP contribution in [0, 0.1) is 5.92 Å². The molecule has 1 saturated carbocycles. The van der Waals surface area contributed by atoms with Crippen LogP contribution in [0.3, 0.4) is 0 Å². The first-order chi connectivity index (χ1) is 9.62. The van der Waals surface area contributed by atoms with Crippen LogP contribution in [0.1, 0.15) is 37.8 Å². The summed E-state index contributed by atoms with van der Waals surface area (Å²) in [6.07, 6.45) is 5.17. The summed E-state index contributed by atoms with van der Waals surface area (Å²) in [5, 5.41) is 20.5. The molecule has 1 aliphatic carbocycles. The molecule has 2 N–H and O–H groups in total. The number of pyridine rings is 1. The first kappa shape index (κ1) is 14.1. The molecule has 0 bridgehead atoms. The molecule has 0 aromatic carbocycles. The fraction of sp³-hybridized carbons (Fsp3) is 0.667. The number of halogens is 1.